The highest BCUT2D eigenvalue weighted by molar-refractivity contribution is 8.00. The number of nitrogens with one attached hydrogen (secondary N) is 2. The number of para-hydroxylation sites is 2. The van der Waals surface area contributed by atoms with E-state index in [0.29, 0.717) is 5.16 Å². The number of halogens is 3. The van der Waals surface area contributed by atoms with Crippen LogP contribution in [-0.2, 0) is 4.79 Å². The zero-order valence-corrected chi connectivity index (χ0v) is 14.4. The molecular formula is C13H14Cl3N3OS. The van der Waals surface area contributed by atoms with Crippen LogP contribution in [0.5, 0.6) is 0 Å². The van der Waals surface area contributed by atoms with E-state index in [0.717, 1.165) is 11.0 Å². The highest BCUT2D eigenvalue weighted by Gasteiger charge is 2.36. The number of imidazole rings is 1. The summed E-state index contributed by atoms with van der Waals surface area (Å²) in [6.45, 7) is 3.55. The van der Waals surface area contributed by atoms with Crippen molar-refractivity contribution in [1.29, 1.82) is 0 Å². The Morgan fingerprint density at radius 3 is 2.57 bits per heavy atom. The van der Waals surface area contributed by atoms with Crippen molar-refractivity contribution in [2.75, 3.05) is 0 Å². The fraction of sp³-hybridized carbons (Fsp3) is 0.385. The minimum Gasteiger partial charge on any atom is -0.340 e. The van der Waals surface area contributed by atoms with Gasteiger partial charge in [0.1, 0.15) is 5.37 Å². The number of H-pyrrole nitrogens is 1. The lowest BCUT2D eigenvalue weighted by Crippen LogP contribution is -2.43. The third-order valence-electron chi connectivity index (χ3n) is 2.69. The quantitative estimate of drug-likeness (QED) is 0.486. The predicted molar refractivity (Wildman–Crippen MR) is 89.0 cm³/mol. The third kappa shape index (κ3) is 4.42. The largest absolute Gasteiger partial charge is 0.340 e. The first-order valence-electron chi connectivity index (χ1n) is 6.26. The Hall–Kier alpha value is -0.620. The Bertz CT molecular complexity index is 606. The van der Waals surface area contributed by atoms with E-state index in [1.165, 1.54) is 11.8 Å². The normalized spacial score (nSPS) is 13.6. The number of benzene rings is 1. The number of amides is 1. The minimum absolute atomic E-state index is 0.185. The predicted octanol–water partition coefficient (Wildman–Crippen LogP) is 4.12. The second kappa shape index (κ2) is 6.65. The summed E-state index contributed by atoms with van der Waals surface area (Å²) in [7, 11) is 0. The number of alkyl halides is 3. The van der Waals surface area contributed by atoms with Gasteiger partial charge in [0.25, 0.3) is 0 Å². The Balaban J connectivity index is 2.20. The van der Waals surface area contributed by atoms with E-state index in [1.807, 2.05) is 24.3 Å². The summed E-state index contributed by atoms with van der Waals surface area (Å²) in [5, 5.41) is 2.56. The van der Waals surface area contributed by atoms with E-state index >= 15 is 0 Å². The van der Waals surface area contributed by atoms with Gasteiger partial charge in [-0.05, 0) is 12.1 Å². The molecule has 1 atom stereocenters. The molecule has 4 nitrogen and oxygen atoms in total. The zero-order valence-electron chi connectivity index (χ0n) is 11.4. The van der Waals surface area contributed by atoms with Crippen molar-refractivity contribution >= 4 is 63.5 Å². The lowest BCUT2D eigenvalue weighted by Gasteiger charge is -2.24. The fourth-order valence-corrected chi connectivity index (χ4v) is 2.99. The van der Waals surface area contributed by atoms with Gasteiger partial charge in [0, 0.05) is 5.92 Å². The van der Waals surface area contributed by atoms with Crippen LogP contribution >= 0.6 is 46.6 Å². The number of hydrogen-bond donors (Lipinski definition) is 2. The number of rotatable bonds is 4. The molecule has 0 spiro atoms. The van der Waals surface area contributed by atoms with Crippen LogP contribution in [0.3, 0.4) is 0 Å². The van der Waals surface area contributed by atoms with Crippen molar-refractivity contribution < 1.29 is 4.79 Å². The summed E-state index contributed by atoms with van der Waals surface area (Å²) in [5.74, 6) is -0.383. The number of hydrogen-bond acceptors (Lipinski definition) is 3. The number of thioether (sulfide) groups is 1. The first kappa shape index (κ1) is 16.7. The van der Waals surface area contributed by atoms with Gasteiger partial charge in [-0.1, -0.05) is 72.5 Å². The fourth-order valence-electron chi connectivity index (χ4n) is 1.57. The molecule has 1 heterocycles. The van der Waals surface area contributed by atoms with Crippen LogP contribution in [0, 0.1) is 5.92 Å². The number of carbonyl (C=O) groups is 1. The summed E-state index contributed by atoms with van der Waals surface area (Å²) in [6.07, 6.45) is 0. The van der Waals surface area contributed by atoms with Crippen LogP contribution in [0.15, 0.2) is 29.4 Å². The average molecular weight is 367 g/mol. The highest BCUT2D eigenvalue weighted by atomic mass is 35.6. The van der Waals surface area contributed by atoms with E-state index in [4.69, 9.17) is 34.8 Å². The van der Waals surface area contributed by atoms with E-state index in [2.05, 4.69) is 15.3 Å². The summed E-state index contributed by atoms with van der Waals surface area (Å²) in [5.41, 5.74) is 1.71. The summed E-state index contributed by atoms with van der Waals surface area (Å²) >= 11 is 19.0. The molecule has 0 saturated heterocycles. The molecule has 1 aromatic heterocycles. The molecule has 2 N–H and O–H groups in total. The van der Waals surface area contributed by atoms with Crippen LogP contribution in [0.1, 0.15) is 13.8 Å². The average Bonchev–Trinajstić information content (AvgIpc) is 2.78. The van der Waals surface area contributed by atoms with Crippen LogP contribution < -0.4 is 5.32 Å². The van der Waals surface area contributed by atoms with Crippen molar-refractivity contribution in [2.45, 2.75) is 28.2 Å². The third-order valence-corrected chi connectivity index (χ3v) is 4.86. The van der Waals surface area contributed by atoms with Crippen LogP contribution in [-0.4, -0.2) is 25.0 Å². The molecule has 21 heavy (non-hydrogen) atoms. The first-order valence-corrected chi connectivity index (χ1v) is 8.27. The van der Waals surface area contributed by atoms with E-state index in [9.17, 15) is 4.79 Å². The number of aromatic nitrogens is 2. The maximum absolute atomic E-state index is 11.8. The van der Waals surface area contributed by atoms with E-state index in [-0.39, 0.29) is 11.8 Å². The maximum atomic E-state index is 11.8. The molecule has 8 heteroatoms. The van der Waals surface area contributed by atoms with Crippen LogP contribution in [0.2, 0.25) is 0 Å². The standard InChI is InChI=1S/C13H14Cl3N3OS/c1-7(2)10(20)19-11(13(14,15)16)21-12-17-8-5-3-4-6-9(8)18-12/h3-7,11H,1-2H3,(H,17,18)(H,19,20)/t11-/m0/s1. The second-order valence-electron chi connectivity index (χ2n) is 4.76. The van der Waals surface area contributed by atoms with Crippen molar-refractivity contribution in [1.82, 2.24) is 15.3 Å². The molecule has 0 radical (unpaired) electrons. The molecule has 2 aromatic rings. The van der Waals surface area contributed by atoms with Gasteiger partial charge in [-0.2, -0.15) is 0 Å². The maximum Gasteiger partial charge on any atom is 0.223 e. The Kier molecular flexibility index (Phi) is 5.30. The number of nitrogens with zero attached hydrogens (tertiary/aromatic N) is 1. The first-order chi connectivity index (χ1) is 9.77. The molecule has 0 bridgehead atoms. The molecule has 1 aromatic carbocycles. The molecule has 0 aliphatic heterocycles. The van der Waals surface area contributed by atoms with Crippen molar-refractivity contribution in [3.63, 3.8) is 0 Å². The molecule has 0 aliphatic rings. The summed E-state index contributed by atoms with van der Waals surface area (Å²) in [6, 6.07) is 7.59. The summed E-state index contributed by atoms with van der Waals surface area (Å²) < 4.78 is -1.64. The van der Waals surface area contributed by atoms with Gasteiger partial charge in [-0.25, -0.2) is 4.98 Å². The minimum atomic E-state index is -1.64. The van der Waals surface area contributed by atoms with Crippen molar-refractivity contribution in [3.8, 4) is 0 Å². The van der Waals surface area contributed by atoms with Crippen molar-refractivity contribution in [3.05, 3.63) is 24.3 Å². The van der Waals surface area contributed by atoms with E-state index < -0.39 is 9.17 Å². The number of carbonyl (C=O) groups excluding carboxylic acids is 1. The van der Waals surface area contributed by atoms with Gasteiger partial charge < -0.3 is 10.3 Å². The number of aromatic amines is 1. The molecule has 0 saturated carbocycles. The van der Waals surface area contributed by atoms with Gasteiger partial charge >= 0.3 is 0 Å². The Labute approximate surface area is 141 Å². The molecule has 2 rings (SSSR count). The zero-order chi connectivity index (χ0) is 15.6. The molecule has 0 aliphatic carbocycles. The monoisotopic (exact) mass is 365 g/mol. The smallest absolute Gasteiger partial charge is 0.223 e. The molecule has 1 amide bonds. The molecule has 114 valence electrons. The van der Waals surface area contributed by atoms with Gasteiger partial charge in [0.15, 0.2) is 5.16 Å². The van der Waals surface area contributed by atoms with Gasteiger partial charge in [-0.15, -0.1) is 0 Å². The van der Waals surface area contributed by atoms with Gasteiger partial charge in [-0.3, -0.25) is 4.79 Å². The summed E-state index contributed by atoms with van der Waals surface area (Å²) in [4.78, 5) is 19.4. The second-order valence-corrected chi connectivity index (χ2v) is 8.22. The molecule has 0 unspecified atom stereocenters. The lowest BCUT2D eigenvalue weighted by atomic mass is 10.2. The SMILES string of the molecule is CC(C)C(=O)N[C@@H](Sc1nc2ccccc2[nH]1)C(Cl)(Cl)Cl. The van der Waals surface area contributed by atoms with Crippen LogP contribution in [0.25, 0.3) is 11.0 Å². The Morgan fingerprint density at radius 2 is 2.00 bits per heavy atom. The van der Waals surface area contributed by atoms with Gasteiger partial charge in [0.05, 0.1) is 11.0 Å². The van der Waals surface area contributed by atoms with E-state index in [1.54, 1.807) is 13.8 Å². The Morgan fingerprint density at radius 1 is 1.33 bits per heavy atom. The van der Waals surface area contributed by atoms with Gasteiger partial charge in [0.2, 0.25) is 9.70 Å². The molecule has 0 fully saturated rings. The topological polar surface area (TPSA) is 57.8 Å². The van der Waals surface area contributed by atoms with Crippen LogP contribution in [0.4, 0.5) is 0 Å². The number of fused-ring (bicyclic) bond motifs is 1. The lowest BCUT2D eigenvalue weighted by molar-refractivity contribution is -0.124. The molecular weight excluding hydrogens is 353 g/mol. The highest BCUT2D eigenvalue weighted by Crippen LogP contribution is 2.39. The van der Waals surface area contributed by atoms with Crippen molar-refractivity contribution in [2.24, 2.45) is 5.92 Å².